The van der Waals surface area contributed by atoms with Gasteiger partial charge >= 0.3 is 6.18 Å². The van der Waals surface area contributed by atoms with Crippen LogP contribution in [0.4, 0.5) is 23.4 Å². The molecule has 1 heterocycles. The van der Waals surface area contributed by atoms with Crippen LogP contribution in [0.3, 0.4) is 0 Å². The summed E-state index contributed by atoms with van der Waals surface area (Å²) in [5, 5.41) is 0. The van der Waals surface area contributed by atoms with Crippen molar-refractivity contribution in [3.63, 3.8) is 0 Å². The fourth-order valence-corrected chi connectivity index (χ4v) is 2.06. The Morgan fingerprint density at radius 3 is 2.48 bits per heavy atom. The maximum atomic E-state index is 13.7. The summed E-state index contributed by atoms with van der Waals surface area (Å²) < 4.78 is 51.3. The van der Waals surface area contributed by atoms with Crippen molar-refractivity contribution in [1.29, 1.82) is 0 Å². The highest BCUT2D eigenvalue weighted by Gasteiger charge is 2.34. The van der Waals surface area contributed by atoms with Gasteiger partial charge in [-0.2, -0.15) is 13.2 Å². The van der Waals surface area contributed by atoms with Crippen molar-refractivity contribution in [3.05, 3.63) is 41.5 Å². The summed E-state index contributed by atoms with van der Waals surface area (Å²) in [4.78, 5) is 7.88. The Labute approximate surface area is 118 Å². The molecule has 0 radical (unpaired) electrons. The predicted octanol–water partition coefficient (Wildman–Crippen LogP) is 3.84. The predicted molar refractivity (Wildman–Crippen MR) is 70.8 cm³/mol. The lowest BCUT2D eigenvalue weighted by Gasteiger charge is -2.12. The molecule has 0 saturated carbocycles. The molecule has 1 aromatic carbocycles. The first-order chi connectivity index (χ1) is 9.84. The molecule has 0 fully saturated rings. The Morgan fingerprint density at radius 2 is 1.90 bits per heavy atom. The standard InChI is InChI=1S/C14H13F4N3/c1-2-3-9-12(20-7-21-13(9)19)8-4-5-10(11(15)6-8)14(16,17)18/h4-7H,2-3H2,1H3,(H2,19,20,21). The maximum absolute atomic E-state index is 13.7. The third-order valence-electron chi connectivity index (χ3n) is 3.03. The minimum absolute atomic E-state index is 0.248. The molecule has 112 valence electrons. The summed E-state index contributed by atoms with van der Waals surface area (Å²) in [5.74, 6) is -1.08. The van der Waals surface area contributed by atoms with E-state index in [2.05, 4.69) is 9.97 Å². The van der Waals surface area contributed by atoms with Gasteiger partial charge in [0.2, 0.25) is 0 Å². The van der Waals surface area contributed by atoms with Crippen molar-refractivity contribution in [2.24, 2.45) is 0 Å². The molecule has 0 atom stereocenters. The molecule has 0 aliphatic heterocycles. The number of alkyl halides is 3. The Bertz CT molecular complexity index is 653. The third-order valence-corrected chi connectivity index (χ3v) is 3.03. The van der Waals surface area contributed by atoms with Crippen molar-refractivity contribution in [2.75, 3.05) is 5.73 Å². The number of nitrogen functional groups attached to an aromatic ring is 1. The van der Waals surface area contributed by atoms with E-state index in [1.807, 2.05) is 6.92 Å². The van der Waals surface area contributed by atoms with Gasteiger partial charge in [0.1, 0.15) is 18.0 Å². The fraction of sp³-hybridized carbons (Fsp3) is 0.286. The van der Waals surface area contributed by atoms with Crippen molar-refractivity contribution >= 4 is 5.82 Å². The normalized spacial score (nSPS) is 11.7. The smallest absolute Gasteiger partial charge is 0.383 e. The van der Waals surface area contributed by atoms with E-state index in [1.54, 1.807) is 0 Å². The van der Waals surface area contributed by atoms with Crippen LogP contribution in [-0.4, -0.2) is 9.97 Å². The molecule has 2 rings (SSSR count). The monoisotopic (exact) mass is 299 g/mol. The summed E-state index contributed by atoms with van der Waals surface area (Å²) in [6.07, 6.45) is -2.20. The van der Waals surface area contributed by atoms with Gasteiger partial charge in [-0.25, -0.2) is 14.4 Å². The van der Waals surface area contributed by atoms with Gasteiger partial charge in [-0.1, -0.05) is 19.4 Å². The zero-order valence-corrected chi connectivity index (χ0v) is 11.2. The number of hydrogen-bond acceptors (Lipinski definition) is 3. The molecule has 0 spiro atoms. The lowest BCUT2D eigenvalue weighted by molar-refractivity contribution is -0.139. The Hall–Kier alpha value is -2.18. The summed E-state index contributed by atoms with van der Waals surface area (Å²) in [7, 11) is 0. The highest BCUT2D eigenvalue weighted by atomic mass is 19.4. The second-order valence-electron chi connectivity index (χ2n) is 4.53. The number of halogens is 4. The molecule has 3 nitrogen and oxygen atoms in total. The van der Waals surface area contributed by atoms with Gasteiger partial charge in [0.25, 0.3) is 0 Å². The average molecular weight is 299 g/mol. The van der Waals surface area contributed by atoms with E-state index in [1.165, 1.54) is 12.4 Å². The van der Waals surface area contributed by atoms with Crippen LogP contribution in [0, 0.1) is 5.82 Å². The minimum atomic E-state index is -4.72. The molecule has 0 saturated heterocycles. The van der Waals surface area contributed by atoms with Gasteiger partial charge in [0.15, 0.2) is 0 Å². The Kier molecular flexibility index (Phi) is 4.11. The molecule has 7 heteroatoms. The van der Waals surface area contributed by atoms with E-state index in [9.17, 15) is 17.6 Å². The van der Waals surface area contributed by atoms with Crippen LogP contribution in [0.5, 0.6) is 0 Å². The minimum Gasteiger partial charge on any atom is -0.383 e. The first-order valence-corrected chi connectivity index (χ1v) is 6.31. The SMILES string of the molecule is CCCc1c(N)ncnc1-c1ccc(C(F)(F)F)c(F)c1. The summed E-state index contributed by atoms with van der Waals surface area (Å²) in [5.41, 5.74) is 5.67. The molecule has 0 aliphatic rings. The number of hydrogen-bond donors (Lipinski definition) is 1. The highest BCUT2D eigenvalue weighted by Crippen LogP contribution is 2.34. The molecule has 21 heavy (non-hydrogen) atoms. The van der Waals surface area contributed by atoms with Crippen molar-refractivity contribution in [2.45, 2.75) is 25.9 Å². The molecule has 0 aliphatic carbocycles. The third kappa shape index (κ3) is 3.12. The molecule has 2 N–H and O–H groups in total. The molecular formula is C14H13F4N3. The number of aromatic nitrogens is 2. The first kappa shape index (κ1) is 15.2. The van der Waals surface area contributed by atoms with Gasteiger partial charge in [-0.3, -0.25) is 0 Å². The molecule has 2 aromatic rings. The van der Waals surface area contributed by atoms with Crippen molar-refractivity contribution < 1.29 is 17.6 Å². The quantitative estimate of drug-likeness (QED) is 0.876. The zero-order chi connectivity index (χ0) is 15.6. The van der Waals surface area contributed by atoms with Crippen LogP contribution in [0.1, 0.15) is 24.5 Å². The van der Waals surface area contributed by atoms with Crippen LogP contribution in [0.25, 0.3) is 11.3 Å². The van der Waals surface area contributed by atoms with Crippen LogP contribution < -0.4 is 5.73 Å². The molecular weight excluding hydrogens is 286 g/mol. The van der Waals surface area contributed by atoms with Crippen molar-refractivity contribution in [3.8, 4) is 11.3 Å². The number of nitrogens with zero attached hydrogens (tertiary/aromatic N) is 2. The summed E-state index contributed by atoms with van der Waals surface area (Å²) in [6.45, 7) is 1.92. The number of benzene rings is 1. The van der Waals surface area contributed by atoms with Gasteiger partial charge in [0, 0.05) is 11.1 Å². The number of nitrogens with two attached hydrogens (primary N) is 1. The van der Waals surface area contributed by atoms with Crippen LogP contribution in [0.15, 0.2) is 24.5 Å². The second-order valence-corrected chi connectivity index (χ2v) is 4.53. The second kappa shape index (κ2) is 5.67. The largest absolute Gasteiger partial charge is 0.419 e. The van der Waals surface area contributed by atoms with Gasteiger partial charge in [0.05, 0.1) is 11.3 Å². The van der Waals surface area contributed by atoms with E-state index in [0.717, 1.165) is 12.5 Å². The lowest BCUT2D eigenvalue weighted by atomic mass is 10.0. The lowest BCUT2D eigenvalue weighted by Crippen LogP contribution is -2.08. The molecule has 0 amide bonds. The number of anilines is 1. The van der Waals surface area contributed by atoms with Gasteiger partial charge in [-0.15, -0.1) is 0 Å². The highest BCUT2D eigenvalue weighted by molar-refractivity contribution is 5.67. The number of rotatable bonds is 3. The maximum Gasteiger partial charge on any atom is 0.419 e. The van der Waals surface area contributed by atoms with Crippen LogP contribution in [-0.2, 0) is 12.6 Å². The topological polar surface area (TPSA) is 51.8 Å². The molecule has 1 aromatic heterocycles. The molecule has 0 unspecified atom stereocenters. The van der Waals surface area contributed by atoms with Gasteiger partial charge in [-0.05, 0) is 18.6 Å². The van der Waals surface area contributed by atoms with E-state index < -0.39 is 17.6 Å². The van der Waals surface area contributed by atoms with E-state index in [0.29, 0.717) is 23.7 Å². The van der Waals surface area contributed by atoms with Gasteiger partial charge < -0.3 is 5.73 Å². The van der Waals surface area contributed by atoms with Crippen molar-refractivity contribution in [1.82, 2.24) is 9.97 Å². The first-order valence-electron chi connectivity index (χ1n) is 6.31. The summed E-state index contributed by atoms with van der Waals surface area (Å²) >= 11 is 0. The Balaban J connectivity index is 2.54. The van der Waals surface area contributed by atoms with E-state index in [4.69, 9.17) is 5.73 Å². The van der Waals surface area contributed by atoms with Crippen LogP contribution >= 0.6 is 0 Å². The zero-order valence-electron chi connectivity index (χ0n) is 11.2. The van der Waals surface area contributed by atoms with E-state index in [-0.39, 0.29) is 11.4 Å². The fourth-order valence-electron chi connectivity index (χ4n) is 2.06. The molecule has 0 bridgehead atoms. The van der Waals surface area contributed by atoms with E-state index >= 15 is 0 Å². The Morgan fingerprint density at radius 1 is 1.19 bits per heavy atom. The summed E-state index contributed by atoms with van der Waals surface area (Å²) in [6, 6.07) is 2.72. The average Bonchev–Trinajstić information content (AvgIpc) is 2.39. The van der Waals surface area contributed by atoms with Crippen LogP contribution in [0.2, 0.25) is 0 Å².